The van der Waals surface area contributed by atoms with Crippen molar-refractivity contribution in [3.63, 3.8) is 0 Å². The lowest BCUT2D eigenvalue weighted by Crippen LogP contribution is -2.45. The van der Waals surface area contributed by atoms with E-state index in [9.17, 15) is 13.2 Å². The van der Waals surface area contributed by atoms with Crippen LogP contribution < -0.4 is 19.1 Å². The van der Waals surface area contributed by atoms with Crippen LogP contribution in [0.25, 0.3) is 0 Å². The van der Waals surface area contributed by atoms with Crippen LogP contribution in [-0.4, -0.2) is 40.8 Å². The molecule has 0 aromatic heterocycles. The van der Waals surface area contributed by atoms with Crippen LogP contribution in [0.2, 0.25) is 10.0 Å². The second kappa shape index (κ2) is 8.89. The smallest absolute Gasteiger partial charge is 0.248 e. The number of anilines is 2. The summed E-state index contributed by atoms with van der Waals surface area (Å²) >= 11 is 11.9. The number of hydrogen-bond donors (Lipinski definition) is 1. The Kier molecular flexibility index (Phi) is 7.03. The molecule has 152 valence electrons. The summed E-state index contributed by atoms with van der Waals surface area (Å²) in [7, 11) is -0.830. The summed E-state index contributed by atoms with van der Waals surface area (Å²) in [5, 5.41) is 3.13. The number of rotatable bonds is 7. The number of amides is 1. The molecule has 2 aromatic carbocycles. The molecule has 1 N–H and O–H groups in total. The van der Waals surface area contributed by atoms with Crippen LogP contribution in [0, 0.1) is 0 Å². The summed E-state index contributed by atoms with van der Waals surface area (Å²) in [4.78, 5) is 12.8. The van der Waals surface area contributed by atoms with Gasteiger partial charge in [-0.1, -0.05) is 23.2 Å². The van der Waals surface area contributed by atoms with Gasteiger partial charge in [0.2, 0.25) is 15.9 Å². The van der Waals surface area contributed by atoms with Gasteiger partial charge < -0.3 is 14.8 Å². The van der Waals surface area contributed by atoms with E-state index in [0.717, 1.165) is 10.6 Å². The van der Waals surface area contributed by atoms with Gasteiger partial charge in [0.1, 0.15) is 17.5 Å². The summed E-state index contributed by atoms with van der Waals surface area (Å²) < 4.78 is 36.1. The molecule has 2 rings (SSSR count). The summed E-state index contributed by atoms with van der Waals surface area (Å²) in [5.41, 5.74) is 0.601. The van der Waals surface area contributed by atoms with Crippen LogP contribution in [0.1, 0.15) is 6.92 Å². The molecule has 10 heteroatoms. The number of ether oxygens (including phenoxy) is 2. The quantitative estimate of drug-likeness (QED) is 0.698. The molecule has 1 atom stereocenters. The average Bonchev–Trinajstić information content (AvgIpc) is 2.63. The van der Waals surface area contributed by atoms with Crippen molar-refractivity contribution in [1.82, 2.24) is 0 Å². The molecule has 2 aromatic rings. The average molecular weight is 447 g/mol. The Balaban J connectivity index is 2.36. The Morgan fingerprint density at radius 2 is 1.75 bits per heavy atom. The van der Waals surface area contributed by atoms with Crippen molar-refractivity contribution in [1.29, 1.82) is 0 Å². The number of halogens is 2. The Morgan fingerprint density at radius 1 is 1.07 bits per heavy atom. The molecule has 0 aliphatic carbocycles. The third-order valence-electron chi connectivity index (χ3n) is 3.91. The predicted molar refractivity (Wildman–Crippen MR) is 111 cm³/mol. The van der Waals surface area contributed by atoms with Crippen LogP contribution >= 0.6 is 23.2 Å². The first kappa shape index (κ1) is 22.1. The van der Waals surface area contributed by atoms with Gasteiger partial charge in [-0.25, -0.2) is 8.42 Å². The van der Waals surface area contributed by atoms with Crippen LogP contribution in [-0.2, 0) is 14.8 Å². The molecule has 0 spiro atoms. The zero-order valence-corrected chi connectivity index (χ0v) is 18.0. The summed E-state index contributed by atoms with van der Waals surface area (Å²) in [6.45, 7) is 1.47. The molecule has 0 radical (unpaired) electrons. The number of benzene rings is 2. The third kappa shape index (κ3) is 5.01. The fourth-order valence-electron chi connectivity index (χ4n) is 2.57. The second-order valence-electron chi connectivity index (χ2n) is 5.89. The minimum Gasteiger partial charge on any atom is -0.497 e. The highest BCUT2D eigenvalue weighted by Gasteiger charge is 2.30. The molecule has 0 aliphatic heterocycles. The fraction of sp³-hybridized carbons (Fsp3) is 0.278. The molecular formula is C18H20Cl2N2O5S. The van der Waals surface area contributed by atoms with Crippen LogP contribution in [0.5, 0.6) is 11.5 Å². The number of carbonyl (C=O) groups excluding carboxylic acids is 1. The first-order valence-corrected chi connectivity index (χ1v) is 10.7. The number of carbonyl (C=O) groups is 1. The van der Waals surface area contributed by atoms with Crippen molar-refractivity contribution < 1.29 is 22.7 Å². The van der Waals surface area contributed by atoms with Gasteiger partial charge in [-0.2, -0.15) is 0 Å². The van der Waals surface area contributed by atoms with Gasteiger partial charge in [-0.3, -0.25) is 9.10 Å². The van der Waals surface area contributed by atoms with Crippen LogP contribution in [0.4, 0.5) is 11.4 Å². The lowest BCUT2D eigenvalue weighted by atomic mass is 10.2. The molecule has 0 aliphatic rings. The lowest BCUT2D eigenvalue weighted by molar-refractivity contribution is -0.116. The normalized spacial score (nSPS) is 12.2. The molecular weight excluding hydrogens is 427 g/mol. The van der Waals surface area contributed by atoms with E-state index in [2.05, 4.69) is 5.32 Å². The Hall–Kier alpha value is -2.16. The first-order valence-electron chi connectivity index (χ1n) is 8.05. The maximum absolute atomic E-state index is 12.8. The number of nitrogens with zero attached hydrogens (tertiary/aromatic N) is 1. The highest BCUT2D eigenvalue weighted by atomic mass is 35.5. The lowest BCUT2D eigenvalue weighted by Gasteiger charge is -2.28. The maximum Gasteiger partial charge on any atom is 0.248 e. The molecule has 28 heavy (non-hydrogen) atoms. The van der Waals surface area contributed by atoms with Gasteiger partial charge in [0.15, 0.2) is 0 Å². The van der Waals surface area contributed by atoms with E-state index >= 15 is 0 Å². The van der Waals surface area contributed by atoms with Crippen molar-refractivity contribution in [3.05, 3.63) is 46.4 Å². The number of nitrogens with one attached hydrogen (secondary N) is 1. The van der Waals surface area contributed by atoms with Gasteiger partial charge in [0.25, 0.3) is 0 Å². The van der Waals surface area contributed by atoms with E-state index in [1.165, 1.54) is 39.3 Å². The summed E-state index contributed by atoms with van der Waals surface area (Å²) in [5.74, 6) is 0.372. The Bertz CT molecular complexity index is 982. The highest BCUT2D eigenvalue weighted by molar-refractivity contribution is 7.92. The number of methoxy groups -OCH3 is 2. The number of sulfonamides is 1. The van der Waals surface area contributed by atoms with Crippen molar-refractivity contribution >= 4 is 50.5 Å². The van der Waals surface area contributed by atoms with Crippen molar-refractivity contribution in [2.45, 2.75) is 13.0 Å². The van der Waals surface area contributed by atoms with E-state index in [4.69, 9.17) is 32.7 Å². The molecule has 0 unspecified atom stereocenters. The Morgan fingerprint density at radius 3 is 2.29 bits per heavy atom. The summed E-state index contributed by atoms with van der Waals surface area (Å²) in [6, 6.07) is 8.12. The maximum atomic E-state index is 12.8. The third-order valence-corrected chi connectivity index (χ3v) is 5.89. The van der Waals surface area contributed by atoms with Crippen molar-refractivity contribution in [3.8, 4) is 11.5 Å². The van der Waals surface area contributed by atoms with E-state index in [-0.39, 0.29) is 15.7 Å². The zero-order valence-electron chi connectivity index (χ0n) is 15.7. The molecule has 0 bridgehead atoms. The van der Waals surface area contributed by atoms with E-state index < -0.39 is 22.0 Å². The molecule has 0 saturated carbocycles. The van der Waals surface area contributed by atoms with Gasteiger partial charge in [0.05, 0.1) is 41.9 Å². The van der Waals surface area contributed by atoms with E-state index in [0.29, 0.717) is 17.2 Å². The van der Waals surface area contributed by atoms with Crippen molar-refractivity contribution in [2.75, 3.05) is 30.1 Å². The van der Waals surface area contributed by atoms with Crippen LogP contribution in [0.3, 0.4) is 0 Å². The van der Waals surface area contributed by atoms with Gasteiger partial charge in [-0.05, 0) is 37.3 Å². The minimum absolute atomic E-state index is 0.178. The highest BCUT2D eigenvalue weighted by Crippen LogP contribution is 2.31. The van der Waals surface area contributed by atoms with E-state index in [1.54, 1.807) is 18.2 Å². The summed E-state index contributed by atoms with van der Waals surface area (Å²) in [6.07, 6.45) is 1.01. The second-order valence-corrected chi connectivity index (χ2v) is 8.56. The van der Waals surface area contributed by atoms with Gasteiger partial charge >= 0.3 is 0 Å². The first-order chi connectivity index (χ1) is 13.1. The van der Waals surface area contributed by atoms with Gasteiger partial charge in [0, 0.05) is 6.07 Å². The minimum atomic E-state index is -3.79. The standard InChI is InChI=1S/C18H20Cl2N2O5S/c1-11(18(23)21-16-8-6-13(26-2)10-17(16)27-3)22(28(4,24)25)12-5-7-14(19)15(20)9-12/h5-11H,1-4H3,(H,21,23)/t11-/m0/s1. The topological polar surface area (TPSA) is 84.9 Å². The number of hydrogen-bond acceptors (Lipinski definition) is 5. The molecule has 0 heterocycles. The predicted octanol–water partition coefficient (Wildman–Crippen LogP) is 3.80. The zero-order chi connectivity index (χ0) is 21.1. The van der Waals surface area contributed by atoms with Crippen molar-refractivity contribution in [2.24, 2.45) is 0 Å². The Labute approximate surface area is 174 Å². The largest absolute Gasteiger partial charge is 0.497 e. The molecule has 0 fully saturated rings. The molecule has 1 amide bonds. The fourth-order valence-corrected chi connectivity index (χ4v) is 4.03. The van der Waals surface area contributed by atoms with Gasteiger partial charge in [-0.15, -0.1) is 0 Å². The monoisotopic (exact) mass is 446 g/mol. The van der Waals surface area contributed by atoms with Crippen LogP contribution in [0.15, 0.2) is 36.4 Å². The molecule has 7 nitrogen and oxygen atoms in total. The van der Waals surface area contributed by atoms with E-state index in [1.807, 2.05) is 0 Å². The SMILES string of the molecule is COc1ccc(NC(=O)[C@H](C)N(c2ccc(Cl)c(Cl)c2)S(C)(=O)=O)c(OC)c1. The molecule has 0 saturated heterocycles.